The van der Waals surface area contributed by atoms with E-state index in [1.54, 1.807) is 10.6 Å². The van der Waals surface area contributed by atoms with E-state index in [1.165, 1.54) is 19.0 Å². The topological polar surface area (TPSA) is 55.4 Å². The Morgan fingerprint density at radius 2 is 2.08 bits per heavy atom. The van der Waals surface area contributed by atoms with Crippen LogP contribution in [0.25, 0.3) is 5.65 Å². The van der Waals surface area contributed by atoms with E-state index < -0.39 is 17.8 Å². The molecule has 6 nitrogen and oxygen atoms in total. The van der Waals surface area contributed by atoms with Crippen molar-refractivity contribution in [1.29, 1.82) is 0 Å². The maximum atomic E-state index is 12.9. The van der Waals surface area contributed by atoms with Crippen molar-refractivity contribution >= 4 is 27.5 Å². The van der Waals surface area contributed by atoms with Crippen LogP contribution in [0.4, 0.5) is 13.2 Å². The summed E-state index contributed by atoms with van der Waals surface area (Å²) in [7, 11) is 2.80. The molecule has 0 spiro atoms. The highest BCUT2D eigenvalue weighted by Gasteiger charge is 2.39. The lowest BCUT2D eigenvalue weighted by Crippen LogP contribution is -2.28. The van der Waals surface area contributed by atoms with E-state index in [0.29, 0.717) is 5.69 Å². The van der Waals surface area contributed by atoms with Gasteiger partial charge in [-0.05, 0) is 28.1 Å². The Hall–Kier alpha value is -2.36. The van der Waals surface area contributed by atoms with Gasteiger partial charge in [-0.2, -0.15) is 18.3 Å². The molecule has 3 rings (SSSR count). The largest absolute Gasteiger partial charge is 0.436 e. The second-order valence-corrected chi connectivity index (χ2v) is 6.29. The molecule has 0 saturated carbocycles. The van der Waals surface area contributed by atoms with Gasteiger partial charge in [-0.3, -0.25) is 9.48 Å². The zero-order valence-electron chi connectivity index (χ0n) is 13.3. The third-order valence-electron chi connectivity index (χ3n) is 3.62. The second kappa shape index (κ2) is 6.17. The highest BCUT2D eigenvalue weighted by molar-refractivity contribution is 9.10. The summed E-state index contributed by atoms with van der Waals surface area (Å²) in [4.78, 5) is 18.2. The van der Waals surface area contributed by atoms with E-state index in [1.807, 2.05) is 24.4 Å². The molecule has 132 valence electrons. The van der Waals surface area contributed by atoms with E-state index >= 15 is 0 Å². The molecule has 3 heterocycles. The Labute approximate surface area is 149 Å². The van der Waals surface area contributed by atoms with Gasteiger partial charge < -0.3 is 9.30 Å². The second-order valence-electron chi connectivity index (χ2n) is 5.49. The van der Waals surface area contributed by atoms with Crippen LogP contribution in [0.3, 0.4) is 0 Å². The number of fused-ring (bicyclic) bond motifs is 1. The normalized spacial score (nSPS) is 11.9. The first kappa shape index (κ1) is 17.5. The number of hydrogen-bond acceptors (Lipinski definition) is 3. The van der Waals surface area contributed by atoms with E-state index in [4.69, 9.17) is 0 Å². The molecule has 3 aromatic heterocycles. The fourth-order valence-corrected chi connectivity index (χ4v) is 3.20. The Kier molecular flexibility index (Phi) is 4.31. The fourth-order valence-electron chi connectivity index (χ4n) is 2.47. The van der Waals surface area contributed by atoms with E-state index in [2.05, 4.69) is 26.0 Å². The molecule has 0 aliphatic heterocycles. The maximum Gasteiger partial charge on any atom is 0.436 e. The van der Waals surface area contributed by atoms with Crippen molar-refractivity contribution < 1.29 is 18.0 Å². The molecule has 25 heavy (non-hydrogen) atoms. The Morgan fingerprint density at radius 1 is 1.36 bits per heavy atom. The van der Waals surface area contributed by atoms with Crippen molar-refractivity contribution in [3.8, 4) is 0 Å². The smallest absolute Gasteiger partial charge is 0.334 e. The summed E-state index contributed by atoms with van der Waals surface area (Å²) in [5.74, 6) is -0.588. The predicted octanol–water partition coefficient (Wildman–Crippen LogP) is 3.12. The summed E-state index contributed by atoms with van der Waals surface area (Å²) in [5.41, 5.74) is 0.0499. The molecule has 0 aromatic carbocycles. The Balaban J connectivity index is 1.86. The molecule has 0 aliphatic rings. The lowest BCUT2D eigenvalue weighted by molar-refractivity contribution is -0.142. The summed E-state index contributed by atoms with van der Waals surface area (Å²) in [6.07, 6.45) is -1.06. The van der Waals surface area contributed by atoms with Gasteiger partial charge in [0.25, 0.3) is 5.91 Å². The zero-order chi connectivity index (χ0) is 18.4. The van der Waals surface area contributed by atoms with Crippen LogP contribution in [-0.2, 0) is 19.8 Å². The molecule has 0 atom stereocenters. The van der Waals surface area contributed by atoms with E-state index in [-0.39, 0.29) is 16.7 Å². The van der Waals surface area contributed by atoms with Gasteiger partial charge in [0, 0.05) is 26.5 Å². The number of carbonyl (C=O) groups is 1. The van der Waals surface area contributed by atoms with Crippen LogP contribution in [0.5, 0.6) is 0 Å². The molecule has 0 radical (unpaired) electrons. The van der Waals surface area contributed by atoms with Crippen LogP contribution in [0.15, 0.2) is 35.1 Å². The number of hydrogen-bond donors (Lipinski definition) is 0. The van der Waals surface area contributed by atoms with Crippen LogP contribution in [0.1, 0.15) is 21.9 Å². The number of halogens is 4. The zero-order valence-corrected chi connectivity index (χ0v) is 14.8. The summed E-state index contributed by atoms with van der Waals surface area (Å²) >= 11 is 2.85. The number of amides is 1. The highest BCUT2D eigenvalue weighted by Crippen LogP contribution is 2.35. The minimum atomic E-state index is -4.64. The van der Waals surface area contributed by atoms with Crippen molar-refractivity contribution in [2.24, 2.45) is 7.05 Å². The summed E-state index contributed by atoms with van der Waals surface area (Å²) in [5, 5.41) is 3.40. The first-order valence-corrected chi connectivity index (χ1v) is 7.95. The lowest BCUT2D eigenvalue weighted by atomic mass is 10.3. The monoisotopic (exact) mass is 415 g/mol. The van der Waals surface area contributed by atoms with Gasteiger partial charge >= 0.3 is 6.18 Å². The minimum Gasteiger partial charge on any atom is -0.334 e. The van der Waals surface area contributed by atoms with Gasteiger partial charge in [0.05, 0.1) is 16.7 Å². The van der Waals surface area contributed by atoms with Crippen molar-refractivity contribution in [1.82, 2.24) is 24.1 Å². The van der Waals surface area contributed by atoms with Gasteiger partial charge in [0.2, 0.25) is 0 Å². The molecule has 0 unspecified atom stereocenters. The minimum absolute atomic E-state index is 0.152. The van der Waals surface area contributed by atoms with E-state index in [9.17, 15) is 18.0 Å². The maximum absolute atomic E-state index is 12.9. The molecule has 3 aromatic rings. The van der Waals surface area contributed by atoms with Crippen molar-refractivity contribution in [3.63, 3.8) is 0 Å². The van der Waals surface area contributed by atoms with Crippen LogP contribution in [0, 0.1) is 0 Å². The summed E-state index contributed by atoms with van der Waals surface area (Å²) < 4.78 is 41.1. The third-order valence-corrected chi connectivity index (χ3v) is 4.37. The van der Waals surface area contributed by atoms with Gasteiger partial charge in [-0.1, -0.05) is 6.07 Å². The molecule has 10 heteroatoms. The third kappa shape index (κ3) is 3.26. The molecular formula is C15H13BrF3N5O. The summed E-state index contributed by atoms with van der Waals surface area (Å²) in [6, 6.07) is 5.50. The first-order chi connectivity index (χ1) is 11.7. The van der Waals surface area contributed by atoms with Crippen molar-refractivity contribution in [2.75, 3.05) is 7.05 Å². The number of aryl methyl sites for hydroxylation is 1. The van der Waals surface area contributed by atoms with Gasteiger partial charge in [0.15, 0.2) is 5.69 Å². The van der Waals surface area contributed by atoms with Gasteiger partial charge in [-0.15, -0.1) is 0 Å². The number of nitrogens with zero attached hydrogens (tertiary/aromatic N) is 5. The van der Waals surface area contributed by atoms with Crippen LogP contribution >= 0.6 is 15.9 Å². The molecule has 0 fully saturated rings. The fraction of sp³-hybridized carbons (Fsp3) is 0.267. The average molecular weight is 416 g/mol. The number of rotatable bonds is 3. The van der Waals surface area contributed by atoms with Crippen LogP contribution < -0.4 is 0 Å². The lowest BCUT2D eigenvalue weighted by Gasteiger charge is -2.16. The predicted molar refractivity (Wildman–Crippen MR) is 86.9 cm³/mol. The number of alkyl halides is 3. The van der Waals surface area contributed by atoms with Crippen molar-refractivity contribution in [2.45, 2.75) is 12.7 Å². The van der Waals surface area contributed by atoms with Gasteiger partial charge in [0.1, 0.15) is 11.3 Å². The number of pyridine rings is 1. The van der Waals surface area contributed by atoms with E-state index in [0.717, 1.165) is 10.3 Å². The molecule has 0 saturated heterocycles. The molecule has 0 N–H and O–H groups in total. The molecule has 0 aliphatic carbocycles. The average Bonchev–Trinajstić information content (AvgIpc) is 3.06. The Bertz CT molecular complexity index is 913. The Morgan fingerprint density at radius 3 is 2.68 bits per heavy atom. The summed E-state index contributed by atoms with van der Waals surface area (Å²) in [6.45, 7) is 0.152. The first-order valence-electron chi connectivity index (χ1n) is 7.16. The number of imidazole rings is 1. The number of aromatic nitrogens is 4. The van der Waals surface area contributed by atoms with Crippen LogP contribution in [-0.4, -0.2) is 37.0 Å². The van der Waals surface area contributed by atoms with Gasteiger partial charge in [-0.25, -0.2) is 4.98 Å². The quantitative estimate of drug-likeness (QED) is 0.660. The SMILES string of the molecule is CN(Cc1cn2ccccc2n1)C(=O)c1c(Br)c(C(F)(F)F)nn1C. The molecule has 1 amide bonds. The van der Waals surface area contributed by atoms with Crippen LogP contribution in [0.2, 0.25) is 0 Å². The molecule has 0 bridgehead atoms. The number of carbonyl (C=O) groups excluding carboxylic acids is 1. The highest BCUT2D eigenvalue weighted by atomic mass is 79.9. The standard InChI is InChI=1S/C15H13BrF3N5O/c1-22(7-9-8-24-6-4-3-5-10(24)20-9)14(25)12-11(16)13(15(17,18)19)21-23(12)2/h3-6,8H,7H2,1-2H3. The van der Waals surface area contributed by atoms with Crippen molar-refractivity contribution in [3.05, 3.63) is 52.1 Å². The molecular weight excluding hydrogens is 403 g/mol.